The second-order valence-electron chi connectivity index (χ2n) is 5.07. The Balaban J connectivity index is 1.69. The fourth-order valence-electron chi connectivity index (χ4n) is 2.18. The van der Waals surface area contributed by atoms with Crippen molar-refractivity contribution in [3.8, 4) is 17.4 Å². The van der Waals surface area contributed by atoms with E-state index in [1.807, 2.05) is 6.07 Å². The molecule has 0 bridgehead atoms. The Bertz CT molecular complexity index is 969. The maximum atomic E-state index is 11.9. The monoisotopic (exact) mass is 349 g/mol. The van der Waals surface area contributed by atoms with Gasteiger partial charge in [-0.1, -0.05) is 23.7 Å². The van der Waals surface area contributed by atoms with E-state index >= 15 is 0 Å². The number of nitrogens with zero attached hydrogens (tertiary/aromatic N) is 2. The number of nitriles is 1. The third-order valence-corrected chi connectivity index (χ3v) is 3.66. The van der Waals surface area contributed by atoms with Crippen LogP contribution in [0.15, 0.2) is 70.2 Å². The summed E-state index contributed by atoms with van der Waals surface area (Å²) in [7, 11) is 0. The molecule has 0 atom stereocenters. The second-order valence-corrected chi connectivity index (χ2v) is 5.50. The van der Waals surface area contributed by atoms with Crippen LogP contribution < -0.4 is 5.43 Å². The van der Waals surface area contributed by atoms with E-state index in [0.29, 0.717) is 33.2 Å². The standard InChI is InChI=1S/C19H12ClN3O2/c20-15-7-5-13(6-8-15)19(24)23-22-12-16-9-10-18(25-16)17-4-2-1-3-14(17)11-21/h1-10,12H,(H,23,24)/b22-12-. The number of carbonyl (C=O) groups is 1. The van der Waals surface area contributed by atoms with Gasteiger partial charge in [-0.2, -0.15) is 10.4 Å². The van der Waals surface area contributed by atoms with Crippen molar-refractivity contribution < 1.29 is 9.21 Å². The van der Waals surface area contributed by atoms with Crippen LogP contribution >= 0.6 is 11.6 Å². The summed E-state index contributed by atoms with van der Waals surface area (Å²) in [6.45, 7) is 0. The van der Waals surface area contributed by atoms with Crippen LogP contribution in [0.1, 0.15) is 21.7 Å². The number of furan rings is 1. The molecule has 0 aliphatic carbocycles. The van der Waals surface area contributed by atoms with E-state index in [9.17, 15) is 4.79 Å². The van der Waals surface area contributed by atoms with Crippen molar-refractivity contribution in [2.75, 3.05) is 0 Å². The Morgan fingerprint density at radius 2 is 1.88 bits per heavy atom. The summed E-state index contributed by atoms with van der Waals surface area (Å²) < 4.78 is 5.65. The molecule has 1 heterocycles. The molecular formula is C19H12ClN3O2. The van der Waals surface area contributed by atoms with Crippen molar-refractivity contribution in [1.29, 1.82) is 5.26 Å². The van der Waals surface area contributed by atoms with Crippen LogP contribution in [0.4, 0.5) is 0 Å². The molecule has 25 heavy (non-hydrogen) atoms. The molecule has 122 valence electrons. The van der Waals surface area contributed by atoms with Gasteiger partial charge < -0.3 is 4.42 Å². The SMILES string of the molecule is N#Cc1ccccc1-c1ccc(/C=N\NC(=O)c2ccc(Cl)cc2)o1. The Hall–Kier alpha value is -3.36. The maximum Gasteiger partial charge on any atom is 0.271 e. The zero-order chi connectivity index (χ0) is 17.6. The molecule has 3 aromatic rings. The van der Waals surface area contributed by atoms with Crippen molar-refractivity contribution in [1.82, 2.24) is 5.43 Å². The van der Waals surface area contributed by atoms with Crippen LogP contribution in [0, 0.1) is 11.3 Å². The highest BCUT2D eigenvalue weighted by Gasteiger charge is 2.08. The number of amides is 1. The van der Waals surface area contributed by atoms with E-state index in [4.69, 9.17) is 21.3 Å². The highest BCUT2D eigenvalue weighted by Crippen LogP contribution is 2.24. The average molecular weight is 350 g/mol. The van der Waals surface area contributed by atoms with E-state index in [2.05, 4.69) is 16.6 Å². The molecule has 2 aromatic carbocycles. The van der Waals surface area contributed by atoms with Crippen molar-refractivity contribution in [3.05, 3.63) is 82.6 Å². The van der Waals surface area contributed by atoms with E-state index in [1.165, 1.54) is 6.21 Å². The third kappa shape index (κ3) is 3.94. The number of hydrogen-bond acceptors (Lipinski definition) is 4. The molecule has 1 amide bonds. The van der Waals surface area contributed by atoms with Crippen LogP contribution in [-0.2, 0) is 0 Å². The van der Waals surface area contributed by atoms with Gasteiger partial charge in [0.1, 0.15) is 11.5 Å². The Morgan fingerprint density at radius 3 is 2.64 bits per heavy atom. The Labute approximate surface area is 149 Å². The molecule has 1 N–H and O–H groups in total. The van der Waals surface area contributed by atoms with Gasteiger partial charge in [-0.25, -0.2) is 5.43 Å². The van der Waals surface area contributed by atoms with Gasteiger partial charge >= 0.3 is 0 Å². The fraction of sp³-hybridized carbons (Fsp3) is 0. The van der Waals surface area contributed by atoms with E-state index < -0.39 is 0 Å². The number of rotatable bonds is 4. The fourth-order valence-corrected chi connectivity index (χ4v) is 2.31. The number of carbonyl (C=O) groups excluding carboxylic acids is 1. The lowest BCUT2D eigenvalue weighted by atomic mass is 10.1. The minimum absolute atomic E-state index is 0.352. The topological polar surface area (TPSA) is 78.4 Å². The number of benzene rings is 2. The van der Waals surface area contributed by atoms with Gasteiger partial charge in [-0.3, -0.25) is 4.79 Å². The third-order valence-electron chi connectivity index (χ3n) is 3.40. The molecule has 1 aromatic heterocycles. The second kappa shape index (κ2) is 7.47. The number of halogens is 1. The van der Waals surface area contributed by atoms with Gasteiger partial charge in [0, 0.05) is 16.1 Å². The molecule has 0 fully saturated rings. The van der Waals surface area contributed by atoms with Gasteiger partial charge in [0.2, 0.25) is 0 Å². The van der Waals surface area contributed by atoms with Crippen LogP contribution in [0.3, 0.4) is 0 Å². The first-order valence-corrected chi connectivity index (χ1v) is 7.73. The predicted octanol–water partition coefficient (Wildman–Crippen LogP) is 4.24. The quantitative estimate of drug-likeness (QED) is 0.565. The highest BCUT2D eigenvalue weighted by atomic mass is 35.5. The molecule has 0 saturated carbocycles. The summed E-state index contributed by atoms with van der Waals surface area (Å²) in [4.78, 5) is 11.9. The van der Waals surface area contributed by atoms with Gasteiger partial charge in [-0.15, -0.1) is 0 Å². The minimum Gasteiger partial charge on any atom is -0.455 e. The molecular weight excluding hydrogens is 338 g/mol. The molecule has 6 heteroatoms. The molecule has 5 nitrogen and oxygen atoms in total. The molecule has 3 rings (SSSR count). The lowest BCUT2D eigenvalue weighted by molar-refractivity contribution is 0.0955. The molecule has 0 spiro atoms. The van der Waals surface area contributed by atoms with Crippen molar-refractivity contribution in [3.63, 3.8) is 0 Å². The summed E-state index contributed by atoms with van der Waals surface area (Å²) in [6, 6.07) is 19.2. The largest absolute Gasteiger partial charge is 0.455 e. The van der Waals surface area contributed by atoms with Gasteiger partial charge in [0.05, 0.1) is 17.8 Å². The first-order valence-electron chi connectivity index (χ1n) is 7.35. The number of hydrogen-bond donors (Lipinski definition) is 1. The number of nitrogens with one attached hydrogen (secondary N) is 1. The minimum atomic E-state index is -0.352. The van der Waals surface area contributed by atoms with Crippen molar-refractivity contribution in [2.24, 2.45) is 5.10 Å². The van der Waals surface area contributed by atoms with Gasteiger partial charge in [0.15, 0.2) is 0 Å². The maximum absolute atomic E-state index is 11.9. The van der Waals surface area contributed by atoms with Crippen LogP contribution in [0.5, 0.6) is 0 Å². The lowest BCUT2D eigenvalue weighted by Crippen LogP contribution is -2.17. The average Bonchev–Trinajstić information content (AvgIpc) is 3.11. The Kier molecular flexibility index (Phi) is 4.93. The van der Waals surface area contributed by atoms with Gasteiger partial charge in [0.25, 0.3) is 5.91 Å². The summed E-state index contributed by atoms with van der Waals surface area (Å²) in [5.74, 6) is 0.663. The van der Waals surface area contributed by atoms with Gasteiger partial charge in [-0.05, 0) is 48.5 Å². The summed E-state index contributed by atoms with van der Waals surface area (Å²) in [5.41, 5.74) is 4.09. The van der Waals surface area contributed by atoms with Crippen molar-refractivity contribution in [2.45, 2.75) is 0 Å². The van der Waals surface area contributed by atoms with E-state index in [0.717, 1.165) is 0 Å². The lowest BCUT2D eigenvalue weighted by Gasteiger charge is -1.99. The highest BCUT2D eigenvalue weighted by molar-refractivity contribution is 6.30. The predicted molar refractivity (Wildman–Crippen MR) is 95.4 cm³/mol. The zero-order valence-corrected chi connectivity index (χ0v) is 13.7. The molecule has 0 saturated heterocycles. The normalized spacial score (nSPS) is 10.6. The molecule has 0 unspecified atom stereocenters. The zero-order valence-electron chi connectivity index (χ0n) is 12.9. The first-order chi connectivity index (χ1) is 12.2. The first kappa shape index (κ1) is 16.5. The van der Waals surface area contributed by atoms with Crippen LogP contribution in [-0.4, -0.2) is 12.1 Å². The Morgan fingerprint density at radius 1 is 1.12 bits per heavy atom. The molecule has 0 aliphatic heterocycles. The van der Waals surface area contributed by atoms with Crippen molar-refractivity contribution >= 4 is 23.7 Å². The van der Waals surface area contributed by atoms with E-state index in [1.54, 1.807) is 54.6 Å². The van der Waals surface area contributed by atoms with E-state index in [-0.39, 0.29) is 5.91 Å². The number of hydrazone groups is 1. The summed E-state index contributed by atoms with van der Waals surface area (Å²) in [6.07, 6.45) is 1.40. The van der Waals surface area contributed by atoms with Crippen LogP contribution in [0.25, 0.3) is 11.3 Å². The molecule has 0 aliphatic rings. The molecule has 0 radical (unpaired) electrons. The summed E-state index contributed by atoms with van der Waals surface area (Å²) >= 11 is 5.78. The summed E-state index contributed by atoms with van der Waals surface area (Å²) in [5, 5.41) is 13.6. The smallest absolute Gasteiger partial charge is 0.271 e. The van der Waals surface area contributed by atoms with Crippen LogP contribution in [0.2, 0.25) is 5.02 Å².